The number of halogens is 1. The smallest absolute Gasteiger partial charge is 0.251 e. The van der Waals surface area contributed by atoms with Crippen molar-refractivity contribution in [2.45, 2.75) is 13.5 Å². The van der Waals surface area contributed by atoms with E-state index >= 15 is 0 Å². The van der Waals surface area contributed by atoms with E-state index in [1.165, 1.54) is 24.3 Å². The average Bonchev–Trinajstić information content (AvgIpc) is 2.73. The molecule has 5 heteroatoms. The number of rotatable bonds is 3. The van der Waals surface area contributed by atoms with E-state index in [0.717, 1.165) is 11.3 Å². The number of nitrogens with one attached hydrogen (secondary N) is 2. The van der Waals surface area contributed by atoms with Crippen LogP contribution in [0.3, 0.4) is 0 Å². The van der Waals surface area contributed by atoms with Crippen LogP contribution in [0.2, 0.25) is 0 Å². The van der Waals surface area contributed by atoms with Gasteiger partial charge in [0.1, 0.15) is 5.82 Å². The second-order valence-electron chi connectivity index (χ2n) is 3.71. The maximum absolute atomic E-state index is 12.7. The van der Waals surface area contributed by atoms with Gasteiger partial charge in [-0.25, -0.2) is 4.39 Å². The lowest BCUT2D eigenvalue weighted by Crippen LogP contribution is -2.22. The Morgan fingerprint density at radius 2 is 2.12 bits per heavy atom. The highest BCUT2D eigenvalue weighted by Crippen LogP contribution is 2.05. The molecule has 0 aliphatic carbocycles. The van der Waals surface area contributed by atoms with Crippen molar-refractivity contribution in [3.63, 3.8) is 0 Å². The number of nitrogens with zero attached hydrogens (tertiary/aromatic N) is 1. The topological polar surface area (TPSA) is 57.8 Å². The quantitative estimate of drug-likeness (QED) is 0.849. The fourth-order valence-corrected chi connectivity index (χ4v) is 1.43. The molecule has 2 rings (SSSR count). The lowest BCUT2D eigenvalue weighted by atomic mass is 10.2. The molecule has 1 amide bonds. The van der Waals surface area contributed by atoms with E-state index in [1.807, 2.05) is 6.92 Å². The lowest BCUT2D eigenvalue weighted by Gasteiger charge is -2.04. The molecule has 2 N–H and O–H groups in total. The van der Waals surface area contributed by atoms with Crippen LogP contribution in [0.1, 0.15) is 21.6 Å². The summed E-state index contributed by atoms with van der Waals surface area (Å²) in [6.45, 7) is 2.28. The molecule has 0 saturated carbocycles. The van der Waals surface area contributed by atoms with Crippen molar-refractivity contribution < 1.29 is 9.18 Å². The molecule has 0 bridgehead atoms. The van der Waals surface area contributed by atoms with Crippen molar-refractivity contribution in [1.82, 2.24) is 15.5 Å². The van der Waals surface area contributed by atoms with Gasteiger partial charge in [-0.05, 0) is 31.2 Å². The number of aromatic amines is 1. The minimum Gasteiger partial charge on any atom is -0.348 e. The number of carbonyl (C=O) groups is 1. The Bertz CT molecular complexity index is 519. The van der Waals surface area contributed by atoms with Crippen LogP contribution in [0.5, 0.6) is 0 Å². The van der Waals surface area contributed by atoms with Crippen LogP contribution in [-0.4, -0.2) is 16.1 Å². The van der Waals surface area contributed by atoms with Gasteiger partial charge < -0.3 is 5.32 Å². The van der Waals surface area contributed by atoms with E-state index < -0.39 is 0 Å². The molecule has 0 saturated heterocycles. The average molecular weight is 233 g/mol. The van der Waals surface area contributed by atoms with Crippen LogP contribution in [0, 0.1) is 12.7 Å². The van der Waals surface area contributed by atoms with Gasteiger partial charge in [0.25, 0.3) is 5.91 Å². The third-order valence-corrected chi connectivity index (χ3v) is 2.48. The van der Waals surface area contributed by atoms with Crippen LogP contribution in [0.4, 0.5) is 4.39 Å². The summed E-state index contributed by atoms with van der Waals surface area (Å²) in [5, 5.41) is 9.39. The number of hydrogen-bond acceptors (Lipinski definition) is 2. The molecule has 2 aromatic rings. The first-order chi connectivity index (χ1) is 8.16. The molecule has 4 nitrogen and oxygen atoms in total. The third kappa shape index (κ3) is 2.69. The Morgan fingerprint density at radius 1 is 1.41 bits per heavy atom. The van der Waals surface area contributed by atoms with Gasteiger partial charge in [0.2, 0.25) is 0 Å². The Balaban J connectivity index is 1.98. The van der Waals surface area contributed by atoms with E-state index in [0.29, 0.717) is 12.1 Å². The normalized spacial score (nSPS) is 10.2. The number of benzene rings is 1. The zero-order valence-corrected chi connectivity index (χ0v) is 9.33. The molecule has 88 valence electrons. The zero-order valence-electron chi connectivity index (χ0n) is 9.33. The highest BCUT2D eigenvalue weighted by Gasteiger charge is 2.06. The molecule has 0 aliphatic heterocycles. The Hall–Kier alpha value is -2.17. The predicted octanol–water partition coefficient (Wildman–Crippen LogP) is 1.79. The summed E-state index contributed by atoms with van der Waals surface area (Å²) < 4.78 is 12.7. The van der Waals surface area contributed by atoms with Gasteiger partial charge >= 0.3 is 0 Å². The second-order valence-corrected chi connectivity index (χ2v) is 3.71. The summed E-state index contributed by atoms with van der Waals surface area (Å²) in [7, 11) is 0. The van der Waals surface area contributed by atoms with Crippen molar-refractivity contribution in [3.05, 3.63) is 53.1 Å². The molecule has 1 aromatic carbocycles. The number of amides is 1. The Morgan fingerprint density at radius 3 is 2.71 bits per heavy atom. The predicted molar refractivity (Wildman–Crippen MR) is 60.9 cm³/mol. The molecule has 1 heterocycles. The van der Waals surface area contributed by atoms with Gasteiger partial charge in [0, 0.05) is 23.4 Å². The Kier molecular flexibility index (Phi) is 3.18. The minimum absolute atomic E-state index is 0.231. The number of H-pyrrole nitrogens is 1. The van der Waals surface area contributed by atoms with Crippen molar-refractivity contribution in [3.8, 4) is 0 Å². The van der Waals surface area contributed by atoms with Gasteiger partial charge in [0.15, 0.2) is 0 Å². The summed E-state index contributed by atoms with van der Waals surface area (Å²) in [5.74, 6) is -0.585. The minimum atomic E-state index is -0.354. The fourth-order valence-electron chi connectivity index (χ4n) is 1.43. The van der Waals surface area contributed by atoms with Crippen molar-refractivity contribution >= 4 is 5.91 Å². The number of aryl methyl sites for hydroxylation is 1. The maximum Gasteiger partial charge on any atom is 0.251 e. The number of carbonyl (C=O) groups excluding carboxylic acids is 1. The second kappa shape index (κ2) is 4.78. The van der Waals surface area contributed by atoms with E-state index in [4.69, 9.17) is 0 Å². The van der Waals surface area contributed by atoms with E-state index in [2.05, 4.69) is 15.5 Å². The van der Waals surface area contributed by atoms with Gasteiger partial charge in [-0.15, -0.1) is 0 Å². The zero-order chi connectivity index (χ0) is 12.3. The van der Waals surface area contributed by atoms with Crippen LogP contribution in [-0.2, 0) is 6.54 Å². The summed E-state index contributed by atoms with van der Waals surface area (Å²) in [4.78, 5) is 11.7. The highest BCUT2D eigenvalue weighted by molar-refractivity contribution is 5.94. The third-order valence-electron chi connectivity index (χ3n) is 2.48. The summed E-state index contributed by atoms with van der Waals surface area (Å²) in [6, 6.07) is 5.43. The van der Waals surface area contributed by atoms with Crippen molar-refractivity contribution in [2.75, 3.05) is 0 Å². The lowest BCUT2D eigenvalue weighted by molar-refractivity contribution is 0.0951. The number of aromatic nitrogens is 2. The van der Waals surface area contributed by atoms with Crippen LogP contribution in [0.25, 0.3) is 0 Å². The van der Waals surface area contributed by atoms with E-state index in [9.17, 15) is 9.18 Å². The molecule has 0 fully saturated rings. The first-order valence-corrected chi connectivity index (χ1v) is 5.19. The fraction of sp³-hybridized carbons (Fsp3) is 0.167. The summed E-state index contributed by atoms with van der Waals surface area (Å²) >= 11 is 0. The maximum atomic E-state index is 12.7. The van der Waals surface area contributed by atoms with Crippen LogP contribution in [0.15, 0.2) is 30.5 Å². The van der Waals surface area contributed by atoms with E-state index in [1.54, 1.807) is 6.20 Å². The van der Waals surface area contributed by atoms with Gasteiger partial charge in [-0.2, -0.15) is 5.10 Å². The summed E-state index contributed by atoms with van der Waals surface area (Å²) in [6.07, 6.45) is 1.67. The summed E-state index contributed by atoms with van der Waals surface area (Å²) in [5.41, 5.74) is 2.29. The first kappa shape index (κ1) is 11.3. The van der Waals surface area contributed by atoms with Crippen molar-refractivity contribution in [2.24, 2.45) is 0 Å². The SMILES string of the molecule is Cc1[nH]ncc1CNC(=O)c1ccc(F)cc1. The molecular weight excluding hydrogens is 221 g/mol. The molecule has 17 heavy (non-hydrogen) atoms. The largest absolute Gasteiger partial charge is 0.348 e. The molecule has 0 spiro atoms. The first-order valence-electron chi connectivity index (χ1n) is 5.19. The molecule has 0 atom stereocenters. The molecule has 0 radical (unpaired) electrons. The molecule has 0 unspecified atom stereocenters. The standard InChI is InChI=1S/C12H12FN3O/c1-8-10(7-15-16-8)6-14-12(17)9-2-4-11(13)5-3-9/h2-5,7H,6H2,1H3,(H,14,17)(H,15,16). The monoisotopic (exact) mass is 233 g/mol. The highest BCUT2D eigenvalue weighted by atomic mass is 19.1. The van der Waals surface area contributed by atoms with E-state index in [-0.39, 0.29) is 11.7 Å². The van der Waals surface area contributed by atoms with Gasteiger partial charge in [-0.3, -0.25) is 9.89 Å². The van der Waals surface area contributed by atoms with Gasteiger partial charge in [-0.1, -0.05) is 0 Å². The Labute approximate surface area is 97.9 Å². The molecular formula is C12H12FN3O. The number of hydrogen-bond donors (Lipinski definition) is 2. The van der Waals surface area contributed by atoms with Crippen LogP contribution >= 0.6 is 0 Å². The van der Waals surface area contributed by atoms with Gasteiger partial charge in [0.05, 0.1) is 6.20 Å². The molecule has 0 aliphatic rings. The molecule has 1 aromatic heterocycles. The van der Waals surface area contributed by atoms with Crippen molar-refractivity contribution in [1.29, 1.82) is 0 Å². The van der Waals surface area contributed by atoms with Crippen LogP contribution < -0.4 is 5.32 Å².